The van der Waals surface area contributed by atoms with Gasteiger partial charge in [0.2, 0.25) is 0 Å². The third-order valence-corrected chi connectivity index (χ3v) is 5.42. The Morgan fingerprint density at radius 2 is 1.96 bits per heavy atom. The highest BCUT2D eigenvalue weighted by atomic mass is 32.1. The van der Waals surface area contributed by atoms with E-state index in [1.54, 1.807) is 12.1 Å². The zero-order chi connectivity index (χ0) is 18.7. The van der Waals surface area contributed by atoms with Gasteiger partial charge in [-0.15, -0.1) is 0 Å². The molecule has 1 N–H and O–H groups in total. The fourth-order valence-corrected chi connectivity index (χ4v) is 3.83. The number of benzene rings is 1. The average molecular weight is 372 g/mol. The highest BCUT2D eigenvalue weighted by Gasteiger charge is 2.28. The van der Waals surface area contributed by atoms with Crippen LogP contribution in [0.25, 0.3) is 0 Å². The van der Waals surface area contributed by atoms with Crippen LogP contribution in [0.4, 0.5) is 11.4 Å². The van der Waals surface area contributed by atoms with Gasteiger partial charge in [0.1, 0.15) is 0 Å². The molecule has 0 aliphatic carbocycles. The molecule has 3 rings (SSSR count). The van der Waals surface area contributed by atoms with Gasteiger partial charge in [0.25, 0.3) is 5.69 Å². The number of rotatable bonds is 3. The van der Waals surface area contributed by atoms with Crippen molar-refractivity contribution in [3.8, 4) is 0 Å². The third-order valence-electron chi connectivity index (χ3n) is 5.09. The van der Waals surface area contributed by atoms with Crippen LogP contribution in [0, 0.1) is 16.0 Å². The molecule has 26 heavy (non-hydrogen) atoms. The van der Waals surface area contributed by atoms with Crippen LogP contribution >= 0.6 is 12.2 Å². The smallest absolute Gasteiger partial charge is 0.269 e. The number of hydrogen-bond acceptors (Lipinski definition) is 3. The van der Waals surface area contributed by atoms with E-state index in [2.05, 4.69) is 47.1 Å². The lowest BCUT2D eigenvalue weighted by Crippen LogP contribution is -2.38. The molecule has 7 heteroatoms. The van der Waals surface area contributed by atoms with E-state index in [0.717, 1.165) is 25.1 Å². The summed E-state index contributed by atoms with van der Waals surface area (Å²) in [6, 6.07) is 10.8. The fourth-order valence-electron chi connectivity index (χ4n) is 3.49. The summed E-state index contributed by atoms with van der Waals surface area (Å²) >= 11 is 5.71. The number of aryl methyl sites for hydroxylation is 1. The molecular weight excluding hydrogens is 348 g/mol. The number of nitro benzene ring substituents is 1. The Morgan fingerprint density at radius 3 is 2.58 bits per heavy atom. The highest BCUT2D eigenvalue weighted by molar-refractivity contribution is 7.80. The van der Waals surface area contributed by atoms with E-state index >= 15 is 0 Å². The first-order valence-electron chi connectivity index (χ1n) is 8.89. The minimum absolute atomic E-state index is 0.0757. The van der Waals surface area contributed by atoms with Gasteiger partial charge in [-0.2, -0.15) is 0 Å². The largest absolute Gasteiger partial charge is 0.353 e. The highest BCUT2D eigenvalue weighted by Crippen LogP contribution is 2.33. The number of nitrogens with one attached hydrogen (secondary N) is 1. The molecule has 1 saturated heterocycles. The molecule has 0 radical (unpaired) electrons. The number of aromatic nitrogens is 1. The summed E-state index contributed by atoms with van der Waals surface area (Å²) in [5.74, 6) is 0.671. The van der Waals surface area contributed by atoms with Crippen LogP contribution in [0.2, 0.25) is 0 Å². The van der Waals surface area contributed by atoms with Crippen LogP contribution in [0.5, 0.6) is 0 Å². The Bertz CT molecular complexity index is 787. The number of nitrogens with zero attached hydrogens (tertiary/aromatic N) is 3. The van der Waals surface area contributed by atoms with E-state index < -0.39 is 4.92 Å². The number of likely N-dealkylation sites (tertiary alicyclic amines) is 1. The Labute approximate surface area is 159 Å². The Hall–Kier alpha value is -2.41. The molecule has 0 saturated carbocycles. The number of non-ortho nitro benzene ring substituents is 1. The molecule has 0 spiro atoms. The molecule has 2 heterocycles. The van der Waals surface area contributed by atoms with Gasteiger partial charge >= 0.3 is 0 Å². The van der Waals surface area contributed by atoms with E-state index in [0.29, 0.717) is 11.0 Å². The summed E-state index contributed by atoms with van der Waals surface area (Å²) in [7, 11) is 2.06. The van der Waals surface area contributed by atoms with Crippen molar-refractivity contribution in [1.82, 2.24) is 9.47 Å². The predicted octanol–water partition coefficient (Wildman–Crippen LogP) is 4.49. The van der Waals surface area contributed by atoms with Crippen LogP contribution in [0.15, 0.2) is 42.6 Å². The average Bonchev–Trinajstić information content (AvgIpc) is 2.93. The number of anilines is 1. The van der Waals surface area contributed by atoms with E-state index in [1.807, 2.05) is 0 Å². The second-order valence-corrected chi connectivity index (χ2v) is 7.35. The summed E-state index contributed by atoms with van der Waals surface area (Å²) in [4.78, 5) is 12.7. The molecule has 1 aromatic heterocycles. The van der Waals surface area contributed by atoms with Crippen LogP contribution in [-0.2, 0) is 7.05 Å². The molecule has 1 fully saturated rings. The van der Waals surface area contributed by atoms with Gasteiger partial charge in [-0.1, -0.05) is 6.92 Å². The summed E-state index contributed by atoms with van der Waals surface area (Å²) in [5, 5.41) is 14.7. The van der Waals surface area contributed by atoms with Crippen LogP contribution in [0.3, 0.4) is 0 Å². The van der Waals surface area contributed by atoms with Crippen molar-refractivity contribution < 1.29 is 4.92 Å². The van der Waals surface area contributed by atoms with Crippen molar-refractivity contribution in [3.05, 3.63) is 58.4 Å². The molecule has 2 aromatic rings. The first-order chi connectivity index (χ1) is 12.5. The van der Waals surface area contributed by atoms with E-state index in [9.17, 15) is 10.1 Å². The molecule has 2 atom stereocenters. The lowest BCUT2D eigenvalue weighted by Gasteiger charge is -2.33. The summed E-state index contributed by atoms with van der Waals surface area (Å²) < 4.78 is 2.15. The van der Waals surface area contributed by atoms with Gasteiger partial charge in [-0.05, 0) is 61.7 Å². The molecule has 1 aromatic carbocycles. The number of nitro groups is 1. The van der Waals surface area contributed by atoms with Gasteiger partial charge in [0.15, 0.2) is 5.11 Å². The van der Waals surface area contributed by atoms with Crippen LogP contribution in [0.1, 0.15) is 37.9 Å². The van der Waals surface area contributed by atoms with Crippen molar-refractivity contribution in [1.29, 1.82) is 0 Å². The minimum Gasteiger partial charge on any atom is -0.353 e. The lowest BCUT2D eigenvalue weighted by molar-refractivity contribution is -0.384. The quantitative estimate of drug-likeness (QED) is 0.488. The Balaban J connectivity index is 1.79. The van der Waals surface area contributed by atoms with E-state index in [1.165, 1.54) is 24.2 Å². The SMILES string of the molecule is C[C@H]1CC[C@H](c2cccn2C)N(C(=S)Nc2ccc([N+](=O)[O-])cc2)CC1. The summed E-state index contributed by atoms with van der Waals surface area (Å²) in [5.41, 5.74) is 2.10. The zero-order valence-corrected chi connectivity index (χ0v) is 15.9. The molecule has 6 nitrogen and oxygen atoms in total. The van der Waals surface area contributed by atoms with Gasteiger partial charge in [-0.3, -0.25) is 10.1 Å². The second-order valence-electron chi connectivity index (χ2n) is 6.96. The van der Waals surface area contributed by atoms with Crippen molar-refractivity contribution in [2.24, 2.45) is 13.0 Å². The van der Waals surface area contributed by atoms with Crippen molar-refractivity contribution in [3.63, 3.8) is 0 Å². The van der Waals surface area contributed by atoms with Gasteiger partial charge in [0.05, 0.1) is 11.0 Å². The number of thiocarbonyl (C=S) groups is 1. The normalized spacial score (nSPS) is 20.5. The van der Waals surface area contributed by atoms with Crippen molar-refractivity contribution in [2.75, 3.05) is 11.9 Å². The zero-order valence-electron chi connectivity index (χ0n) is 15.1. The topological polar surface area (TPSA) is 63.3 Å². The van der Waals surface area contributed by atoms with E-state index in [4.69, 9.17) is 12.2 Å². The van der Waals surface area contributed by atoms with Crippen LogP contribution < -0.4 is 5.32 Å². The maximum absolute atomic E-state index is 10.8. The van der Waals surface area contributed by atoms with E-state index in [-0.39, 0.29) is 11.7 Å². The minimum atomic E-state index is -0.399. The molecule has 138 valence electrons. The Kier molecular flexibility index (Phi) is 5.56. The maximum atomic E-state index is 10.8. The van der Waals surface area contributed by atoms with Crippen molar-refractivity contribution >= 4 is 28.7 Å². The standard InChI is InChI=1S/C19H24N4O2S/c1-14-5-10-18(17-4-3-12-21(17)2)22(13-11-14)19(26)20-15-6-8-16(9-7-15)23(24)25/h3-4,6-9,12,14,18H,5,10-11,13H2,1-2H3,(H,20,26)/t14-,18+/m0/s1. The monoisotopic (exact) mass is 372 g/mol. The lowest BCUT2D eigenvalue weighted by atomic mass is 10.0. The molecule has 1 aliphatic rings. The molecule has 0 amide bonds. The maximum Gasteiger partial charge on any atom is 0.269 e. The van der Waals surface area contributed by atoms with Crippen LogP contribution in [-0.4, -0.2) is 26.0 Å². The molecule has 1 aliphatic heterocycles. The van der Waals surface area contributed by atoms with Crippen molar-refractivity contribution in [2.45, 2.75) is 32.2 Å². The van der Waals surface area contributed by atoms with Gasteiger partial charge < -0.3 is 14.8 Å². The molecule has 0 bridgehead atoms. The third kappa shape index (κ3) is 4.04. The Morgan fingerprint density at radius 1 is 1.23 bits per heavy atom. The van der Waals surface area contributed by atoms with Gasteiger partial charge in [0, 0.05) is 43.3 Å². The predicted molar refractivity (Wildman–Crippen MR) is 107 cm³/mol. The fraction of sp³-hybridized carbons (Fsp3) is 0.421. The van der Waals surface area contributed by atoms with Gasteiger partial charge in [-0.25, -0.2) is 0 Å². The first-order valence-corrected chi connectivity index (χ1v) is 9.30. The molecule has 0 unspecified atom stereocenters. The summed E-state index contributed by atoms with van der Waals surface area (Å²) in [6.45, 7) is 3.19. The number of hydrogen-bond donors (Lipinski definition) is 1. The first kappa shape index (κ1) is 18.4. The molecular formula is C19H24N4O2S. The summed E-state index contributed by atoms with van der Waals surface area (Å²) in [6.07, 6.45) is 5.39. The second kappa shape index (κ2) is 7.86.